The number of hydrogen-bond donors (Lipinski definition) is 2. The lowest BCUT2D eigenvalue weighted by Crippen LogP contribution is -2.57. The fourth-order valence-electron chi connectivity index (χ4n) is 4.71. The van der Waals surface area contributed by atoms with E-state index in [2.05, 4.69) is 13.0 Å². The van der Waals surface area contributed by atoms with Crippen molar-refractivity contribution in [3.05, 3.63) is 11.6 Å². The SMILES string of the molecule is CC1=CC2(CCC(OP=O)CC2)N(O)C12CCC(O[P+](=O)O)CC2. The van der Waals surface area contributed by atoms with Crippen LogP contribution in [0.15, 0.2) is 11.6 Å². The average Bonchev–Trinajstić information content (AvgIpc) is 2.74. The summed E-state index contributed by atoms with van der Waals surface area (Å²) in [5, 5.41) is 12.6. The number of rotatable bonds is 4. The Labute approximate surface area is 144 Å². The quantitative estimate of drug-likeness (QED) is 0.568. The molecule has 3 aliphatic rings. The Morgan fingerprint density at radius 1 is 1.21 bits per heavy atom. The Kier molecular flexibility index (Phi) is 5.53. The maximum absolute atomic E-state index is 11.1. The zero-order chi connectivity index (χ0) is 17.4. The van der Waals surface area contributed by atoms with Crippen molar-refractivity contribution in [2.24, 2.45) is 0 Å². The first-order valence-corrected chi connectivity index (χ1v) is 10.3. The number of hydrogen-bond acceptors (Lipinski definition) is 6. The average molecular weight is 376 g/mol. The Balaban J connectivity index is 1.69. The molecule has 2 fully saturated rings. The monoisotopic (exact) mass is 376 g/mol. The van der Waals surface area contributed by atoms with Gasteiger partial charge in [-0.05, 0) is 58.3 Å². The van der Waals surface area contributed by atoms with Gasteiger partial charge < -0.3 is 5.21 Å². The summed E-state index contributed by atoms with van der Waals surface area (Å²) in [5.74, 6) is 0. The molecule has 0 radical (unpaired) electrons. The third-order valence-electron chi connectivity index (χ3n) is 6.04. The van der Waals surface area contributed by atoms with Crippen LogP contribution in [0.5, 0.6) is 0 Å². The normalized spacial score (nSPS) is 41.1. The van der Waals surface area contributed by atoms with Crippen LogP contribution < -0.4 is 0 Å². The molecule has 9 heteroatoms. The van der Waals surface area contributed by atoms with Gasteiger partial charge in [-0.1, -0.05) is 11.6 Å². The smallest absolute Gasteiger partial charge is 0.312 e. The third kappa shape index (κ3) is 3.24. The molecule has 1 atom stereocenters. The third-order valence-corrected chi connectivity index (χ3v) is 6.90. The van der Waals surface area contributed by atoms with Crippen LogP contribution in [0, 0.1) is 0 Å². The Bertz CT molecular complexity index is 538. The number of hydroxylamine groups is 2. The molecule has 2 aliphatic carbocycles. The van der Waals surface area contributed by atoms with Gasteiger partial charge in [-0.15, -0.1) is 9.42 Å². The van der Waals surface area contributed by atoms with E-state index in [0.29, 0.717) is 25.7 Å². The molecule has 2 N–H and O–H groups in total. The van der Waals surface area contributed by atoms with Gasteiger partial charge in [-0.25, -0.2) is 4.57 Å². The van der Waals surface area contributed by atoms with Crippen molar-refractivity contribution < 1.29 is 28.3 Å². The maximum Gasteiger partial charge on any atom is 0.694 e. The molecule has 0 aromatic rings. The van der Waals surface area contributed by atoms with E-state index in [1.54, 1.807) is 0 Å². The van der Waals surface area contributed by atoms with Gasteiger partial charge >= 0.3 is 16.9 Å². The standard InChI is InChI=1S/C15H23NO6P2/c1-11-10-14(6-2-12(3-7-14)21-23-18)16(17)15(11)8-4-13(5-9-15)22-24(19)20/h10,12-13,17H,2-9H2,1H3/p+1. The van der Waals surface area contributed by atoms with Gasteiger partial charge in [-0.2, -0.15) is 5.06 Å². The molecule has 0 bridgehead atoms. The van der Waals surface area contributed by atoms with E-state index in [1.807, 2.05) is 0 Å². The lowest BCUT2D eigenvalue weighted by atomic mass is 9.76. The van der Waals surface area contributed by atoms with Crippen LogP contribution in [-0.4, -0.2) is 38.4 Å². The van der Waals surface area contributed by atoms with Crippen molar-refractivity contribution in [1.29, 1.82) is 0 Å². The first-order valence-electron chi connectivity index (χ1n) is 8.42. The van der Waals surface area contributed by atoms with Gasteiger partial charge in [0.1, 0.15) is 6.10 Å². The zero-order valence-corrected chi connectivity index (χ0v) is 15.5. The highest BCUT2D eigenvalue weighted by Gasteiger charge is 2.56. The summed E-state index contributed by atoms with van der Waals surface area (Å²) < 4.78 is 31.7. The molecule has 2 spiro atoms. The van der Waals surface area contributed by atoms with E-state index in [1.165, 1.54) is 5.06 Å². The second-order valence-corrected chi connectivity index (χ2v) is 8.24. The molecule has 2 saturated carbocycles. The molecule has 1 unspecified atom stereocenters. The lowest BCUT2D eigenvalue weighted by molar-refractivity contribution is -0.225. The van der Waals surface area contributed by atoms with E-state index in [-0.39, 0.29) is 26.4 Å². The summed E-state index contributed by atoms with van der Waals surface area (Å²) in [5.41, 5.74) is 0.392. The first kappa shape index (κ1) is 18.5. The van der Waals surface area contributed by atoms with E-state index < -0.39 is 13.8 Å². The van der Waals surface area contributed by atoms with Gasteiger partial charge in [0.25, 0.3) is 0 Å². The molecule has 0 amide bonds. The van der Waals surface area contributed by atoms with Crippen molar-refractivity contribution in [3.63, 3.8) is 0 Å². The topological polar surface area (TPSA) is 96.3 Å². The number of nitrogens with zero attached hydrogens (tertiary/aromatic N) is 1. The Morgan fingerprint density at radius 3 is 2.33 bits per heavy atom. The molecule has 1 aliphatic heterocycles. The van der Waals surface area contributed by atoms with Crippen LogP contribution in [0.4, 0.5) is 0 Å². The van der Waals surface area contributed by atoms with E-state index in [0.717, 1.165) is 31.3 Å². The highest BCUT2D eigenvalue weighted by atomic mass is 31.1. The molecule has 0 aromatic heterocycles. The Morgan fingerprint density at radius 2 is 1.79 bits per heavy atom. The van der Waals surface area contributed by atoms with Crippen LogP contribution in [-0.2, 0) is 18.2 Å². The molecule has 0 saturated heterocycles. The molecule has 7 nitrogen and oxygen atoms in total. The minimum atomic E-state index is -2.58. The Hall–Kier alpha value is -0.260. The molecule has 0 aromatic carbocycles. The van der Waals surface area contributed by atoms with Crippen molar-refractivity contribution in [1.82, 2.24) is 5.06 Å². The molecule has 24 heavy (non-hydrogen) atoms. The van der Waals surface area contributed by atoms with E-state index >= 15 is 0 Å². The summed E-state index contributed by atoms with van der Waals surface area (Å²) in [4.78, 5) is 8.91. The molecule has 1 heterocycles. The van der Waals surface area contributed by atoms with Gasteiger partial charge in [0.05, 0.1) is 17.2 Å². The van der Waals surface area contributed by atoms with Crippen molar-refractivity contribution >= 4 is 16.9 Å². The van der Waals surface area contributed by atoms with E-state index in [9.17, 15) is 14.3 Å². The van der Waals surface area contributed by atoms with Gasteiger partial charge in [-0.3, -0.25) is 4.52 Å². The minimum absolute atomic E-state index is 0.0153. The summed E-state index contributed by atoms with van der Waals surface area (Å²) >= 11 is 0. The fourth-order valence-corrected chi connectivity index (χ4v) is 5.51. The summed E-state index contributed by atoms with van der Waals surface area (Å²) in [7, 11) is -2.86. The predicted molar refractivity (Wildman–Crippen MR) is 87.0 cm³/mol. The highest BCUT2D eigenvalue weighted by molar-refractivity contribution is 7.32. The van der Waals surface area contributed by atoms with Crippen LogP contribution in [0.3, 0.4) is 0 Å². The van der Waals surface area contributed by atoms with Crippen LogP contribution in [0.1, 0.15) is 58.3 Å². The second-order valence-electron chi connectivity index (χ2n) is 7.20. The predicted octanol–water partition coefficient (Wildman–Crippen LogP) is 3.89. The van der Waals surface area contributed by atoms with Crippen LogP contribution in [0.25, 0.3) is 0 Å². The zero-order valence-electron chi connectivity index (χ0n) is 13.8. The molecular formula is C15H24NO6P2+. The molecular weight excluding hydrogens is 352 g/mol. The fraction of sp³-hybridized carbons (Fsp3) is 0.867. The molecule has 3 rings (SSSR count). The highest BCUT2D eigenvalue weighted by Crippen LogP contribution is 2.52. The molecule has 134 valence electrons. The van der Waals surface area contributed by atoms with E-state index in [4.69, 9.17) is 13.9 Å². The van der Waals surface area contributed by atoms with Crippen molar-refractivity contribution in [3.8, 4) is 0 Å². The lowest BCUT2D eigenvalue weighted by Gasteiger charge is -2.48. The largest absolute Gasteiger partial charge is 0.694 e. The summed E-state index contributed by atoms with van der Waals surface area (Å²) in [6.07, 6.45) is 7.75. The van der Waals surface area contributed by atoms with Gasteiger partial charge in [0.15, 0.2) is 0 Å². The van der Waals surface area contributed by atoms with Gasteiger partial charge in [0.2, 0.25) is 0 Å². The second kappa shape index (κ2) is 7.16. The van der Waals surface area contributed by atoms with Crippen molar-refractivity contribution in [2.45, 2.75) is 81.6 Å². The van der Waals surface area contributed by atoms with Crippen molar-refractivity contribution in [2.75, 3.05) is 0 Å². The minimum Gasteiger partial charge on any atom is -0.312 e. The van der Waals surface area contributed by atoms with Crippen LogP contribution >= 0.6 is 16.9 Å². The summed E-state index contributed by atoms with van der Waals surface area (Å²) in [6, 6.07) is 0. The van der Waals surface area contributed by atoms with Crippen LogP contribution in [0.2, 0.25) is 0 Å². The maximum atomic E-state index is 11.1. The van der Waals surface area contributed by atoms with Gasteiger partial charge in [0, 0.05) is 4.57 Å². The summed E-state index contributed by atoms with van der Waals surface area (Å²) in [6.45, 7) is 2.06. The first-order chi connectivity index (χ1) is 11.4.